The Bertz CT molecular complexity index is 988. The maximum Gasteiger partial charge on any atom is 0.416 e. The normalized spacial score (nSPS) is 17.7. The highest BCUT2D eigenvalue weighted by Crippen LogP contribution is 2.38. The summed E-state index contributed by atoms with van der Waals surface area (Å²) in [7, 11) is 0. The van der Waals surface area contributed by atoms with Crippen molar-refractivity contribution in [2.75, 3.05) is 26.3 Å². The molecule has 1 N–H and O–H groups in total. The highest BCUT2D eigenvalue weighted by atomic mass is 19.4. The van der Waals surface area contributed by atoms with Crippen LogP contribution >= 0.6 is 0 Å². The zero-order valence-corrected chi connectivity index (χ0v) is 18.0. The fourth-order valence-corrected chi connectivity index (χ4v) is 4.34. The van der Waals surface area contributed by atoms with Crippen LogP contribution in [-0.4, -0.2) is 42.3 Å². The molecule has 0 bridgehead atoms. The van der Waals surface area contributed by atoms with E-state index in [2.05, 4.69) is 4.90 Å². The molecule has 0 radical (unpaired) electrons. The zero-order valence-electron chi connectivity index (χ0n) is 18.0. The Kier molecular flexibility index (Phi) is 6.18. The molecule has 0 amide bonds. The molecule has 0 unspecified atom stereocenters. The fourth-order valence-electron chi connectivity index (χ4n) is 4.34. The van der Waals surface area contributed by atoms with Crippen molar-refractivity contribution in [2.24, 2.45) is 5.92 Å². The van der Waals surface area contributed by atoms with E-state index < -0.39 is 17.7 Å². The van der Waals surface area contributed by atoms with Gasteiger partial charge in [0.25, 0.3) is 0 Å². The van der Waals surface area contributed by atoms with Crippen molar-refractivity contribution in [1.82, 2.24) is 4.90 Å². The molecular formula is C24H26F3NO4. The minimum Gasteiger partial charge on any atom is -0.488 e. The minimum absolute atomic E-state index is 0.0397. The second-order valence-corrected chi connectivity index (χ2v) is 8.73. The van der Waals surface area contributed by atoms with Gasteiger partial charge in [-0.25, -0.2) is 0 Å². The van der Waals surface area contributed by atoms with E-state index in [4.69, 9.17) is 14.6 Å². The minimum atomic E-state index is -4.43. The van der Waals surface area contributed by atoms with Gasteiger partial charge in [-0.2, -0.15) is 13.2 Å². The molecule has 0 aliphatic carbocycles. The molecule has 2 aromatic rings. The third kappa shape index (κ3) is 4.76. The number of carbonyl (C=O) groups is 1. The Morgan fingerprint density at radius 2 is 1.78 bits per heavy atom. The predicted molar refractivity (Wildman–Crippen MR) is 112 cm³/mol. The van der Waals surface area contributed by atoms with Crippen LogP contribution in [0.4, 0.5) is 13.2 Å². The smallest absolute Gasteiger partial charge is 0.416 e. The Morgan fingerprint density at radius 3 is 2.31 bits per heavy atom. The second-order valence-electron chi connectivity index (χ2n) is 8.73. The maximum atomic E-state index is 13.6. The lowest BCUT2D eigenvalue weighted by Gasteiger charge is -2.36. The lowest BCUT2D eigenvalue weighted by atomic mass is 9.91. The standard InChI is InChI=1S/C24H26F3NO4/c1-14-5-17(8-28-9-18(10-28)23(29)30)6-15(2)22(14)32-11-16-3-4-20(19-12-31-13-19)21(7-16)24(25,26)27/h3-7,18-19H,8-13H2,1-2H3,(H,29,30). The number of alkyl halides is 3. The molecule has 172 valence electrons. The van der Waals surface area contributed by atoms with Crippen LogP contribution in [0.15, 0.2) is 30.3 Å². The molecule has 32 heavy (non-hydrogen) atoms. The lowest BCUT2D eigenvalue weighted by Crippen LogP contribution is -2.49. The van der Waals surface area contributed by atoms with Gasteiger partial charge in [0.1, 0.15) is 12.4 Å². The third-order valence-electron chi connectivity index (χ3n) is 6.12. The van der Waals surface area contributed by atoms with Crippen LogP contribution in [0.2, 0.25) is 0 Å². The van der Waals surface area contributed by atoms with E-state index in [1.165, 1.54) is 12.1 Å². The number of halogens is 3. The van der Waals surface area contributed by atoms with Crippen LogP contribution in [0.1, 0.15) is 39.3 Å². The summed E-state index contributed by atoms with van der Waals surface area (Å²) in [6.07, 6.45) is -4.43. The number of aryl methyl sites for hydroxylation is 2. The molecule has 0 atom stereocenters. The van der Waals surface area contributed by atoms with E-state index in [1.807, 2.05) is 26.0 Å². The van der Waals surface area contributed by atoms with Crippen LogP contribution in [0.25, 0.3) is 0 Å². The Balaban J connectivity index is 1.44. The summed E-state index contributed by atoms with van der Waals surface area (Å²) in [4.78, 5) is 13.0. The highest BCUT2D eigenvalue weighted by Gasteiger charge is 2.37. The van der Waals surface area contributed by atoms with Gasteiger partial charge < -0.3 is 14.6 Å². The van der Waals surface area contributed by atoms with Crippen LogP contribution in [0.3, 0.4) is 0 Å². The number of likely N-dealkylation sites (tertiary alicyclic amines) is 1. The topological polar surface area (TPSA) is 59.0 Å². The summed E-state index contributed by atoms with van der Waals surface area (Å²) >= 11 is 0. The van der Waals surface area contributed by atoms with E-state index in [1.54, 1.807) is 6.07 Å². The first kappa shape index (κ1) is 22.6. The van der Waals surface area contributed by atoms with Crippen molar-refractivity contribution in [3.05, 3.63) is 63.7 Å². The van der Waals surface area contributed by atoms with E-state index in [0.29, 0.717) is 44.2 Å². The Labute approximate surface area is 184 Å². The summed E-state index contributed by atoms with van der Waals surface area (Å²) < 4.78 is 51.7. The van der Waals surface area contributed by atoms with Gasteiger partial charge in [0.05, 0.1) is 24.7 Å². The van der Waals surface area contributed by atoms with Gasteiger partial charge in [0.2, 0.25) is 0 Å². The van der Waals surface area contributed by atoms with Gasteiger partial charge in [-0.05, 0) is 47.7 Å². The molecule has 5 nitrogen and oxygen atoms in total. The Morgan fingerprint density at radius 1 is 1.12 bits per heavy atom. The second kappa shape index (κ2) is 8.75. The third-order valence-corrected chi connectivity index (χ3v) is 6.12. The molecule has 0 aromatic heterocycles. The molecule has 2 aliphatic heterocycles. The summed E-state index contributed by atoms with van der Waals surface area (Å²) in [5, 5.41) is 9.00. The molecule has 0 saturated carbocycles. The van der Waals surface area contributed by atoms with Gasteiger partial charge in [0.15, 0.2) is 0 Å². The fraction of sp³-hybridized carbons (Fsp3) is 0.458. The molecule has 8 heteroatoms. The first-order chi connectivity index (χ1) is 15.1. The number of rotatable bonds is 7. The lowest BCUT2D eigenvalue weighted by molar-refractivity contribution is -0.147. The van der Waals surface area contributed by atoms with Gasteiger partial charge in [0, 0.05) is 25.6 Å². The molecule has 2 saturated heterocycles. The number of hydrogen-bond donors (Lipinski definition) is 1. The summed E-state index contributed by atoms with van der Waals surface area (Å²) in [5.41, 5.74) is 2.97. The molecule has 0 spiro atoms. The average Bonchev–Trinajstić information content (AvgIpc) is 2.62. The van der Waals surface area contributed by atoms with Crippen molar-refractivity contribution in [1.29, 1.82) is 0 Å². The zero-order chi connectivity index (χ0) is 23.0. The Hall–Kier alpha value is -2.58. The number of aliphatic carboxylic acids is 1. The first-order valence-corrected chi connectivity index (χ1v) is 10.6. The van der Waals surface area contributed by atoms with E-state index in [9.17, 15) is 18.0 Å². The number of hydrogen-bond acceptors (Lipinski definition) is 4. The first-order valence-electron chi connectivity index (χ1n) is 10.6. The number of carboxylic acids is 1. The SMILES string of the molecule is Cc1cc(CN2CC(C(=O)O)C2)cc(C)c1OCc1ccc(C2COC2)c(C(F)(F)F)c1. The van der Waals surface area contributed by atoms with Crippen LogP contribution in [-0.2, 0) is 28.9 Å². The molecule has 2 aromatic carbocycles. The highest BCUT2D eigenvalue weighted by molar-refractivity contribution is 5.71. The number of benzene rings is 2. The summed E-state index contributed by atoms with van der Waals surface area (Å²) in [6.45, 7) is 6.22. The van der Waals surface area contributed by atoms with Crippen molar-refractivity contribution in [3.63, 3.8) is 0 Å². The molecule has 2 heterocycles. The molecule has 2 fully saturated rings. The molecular weight excluding hydrogens is 423 g/mol. The number of nitrogens with zero attached hydrogens (tertiary/aromatic N) is 1. The van der Waals surface area contributed by atoms with Gasteiger partial charge in [-0.15, -0.1) is 0 Å². The van der Waals surface area contributed by atoms with E-state index in [0.717, 1.165) is 16.7 Å². The van der Waals surface area contributed by atoms with Crippen LogP contribution in [0.5, 0.6) is 5.75 Å². The van der Waals surface area contributed by atoms with Crippen molar-refractivity contribution in [2.45, 2.75) is 39.1 Å². The van der Waals surface area contributed by atoms with Crippen LogP contribution in [0, 0.1) is 19.8 Å². The van der Waals surface area contributed by atoms with Crippen LogP contribution < -0.4 is 4.74 Å². The number of ether oxygens (including phenoxy) is 2. The largest absolute Gasteiger partial charge is 0.488 e. The van der Waals surface area contributed by atoms with Gasteiger partial charge >= 0.3 is 12.1 Å². The molecule has 4 rings (SSSR count). The maximum absolute atomic E-state index is 13.6. The monoisotopic (exact) mass is 449 g/mol. The van der Waals surface area contributed by atoms with Crippen molar-refractivity contribution < 1.29 is 32.5 Å². The van der Waals surface area contributed by atoms with Crippen molar-refractivity contribution in [3.8, 4) is 5.75 Å². The van der Waals surface area contributed by atoms with E-state index in [-0.39, 0.29) is 24.0 Å². The van der Waals surface area contributed by atoms with Gasteiger partial charge in [-0.1, -0.05) is 24.3 Å². The predicted octanol–water partition coefficient (Wildman–Crippen LogP) is 4.53. The number of carboxylic acid groups (broad SMARTS) is 1. The average molecular weight is 449 g/mol. The van der Waals surface area contributed by atoms with Gasteiger partial charge in [-0.3, -0.25) is 9.69 Å². The molecule has 2 aliphatic rings. The van der Waals surface area contributed by atoms with Crippen molar-refractivity contribution >= 4 is 5.97 Å². The summed E-state index contributed by atoms with van der Waals surface area (Å²) in [5.74, 6) is -0.619. The van der Waals surface area contributed by atoms with E-state index >= 15 is 0 Å². The quantitative estimate of drug-likeness (QED) is 0.673. The summed E-state index contributed by atoms with van der Waals surface area (Å²) in [6, 6.07) is 8.36.